The number of thiazole rings is 1. The molecule has 0 aliphatic rings. The number of carbonyl (C=O) groups is 1. The van der Waals surface area contributed by atoms with Crippen molar-refractivity contribution in [3.05, 3.63) is 75.5 Å². The number of carbonyl (C=O) groups excluding carboxylic acids is 1. The summed E-state index contributed by atoms with van der Waals surface area (Å²) in [6.07, 6.45) is 1.64. The Bertz CT molecular complexity index is 1520. The fraction of sp³-hybridized carbons (Fsp3) is 0.130. The molecule has 160 valence electrons. The van der Waals surface area contributed by atoms with E-state index < -0.39 is 0 Å². The van der Waals surface area contributed by atoms with Crippen LogP contribution in [0.1, 0.15) is 11.1 Å². The second-order valence-electron chi connectivity index (χ2n) is 7.39. The van der Waals surface area contributed by atoms with Crippen molar-refractivity contribution in [1.82, 2.24) is 19.5 Å². The number of H-pyrrole nitrogens is 1. The number of hydrogen-bond acceptors (Lipinski definition) is 6. The molecule has 5 aromatic rings. The Hall–Kier alpha value is -3.43. The van der Waals surface area contributed by atoms with Crippen molar-refractivity contribution in [2.24, 2.45) is 0 Å². The highest BCUT2D eigenvalue weighted by atomic mass is 32.2. The molecule has 0 aliphatic heterocycles. The number of aryl methyl sites for hydroxylation is 2. The van der Waals surface area contributed by atoms with E-state index in [2.05, 4.69) is 15.3 Å². The van der Waals surface area contributed by atoms with Crippen LogP contribution >= 0.6 is 23.1 Å². The summed E-state index contributed by atoms with van der Waals surface area (Å²) in [5.41, 5.74) is 4.45. The maximum absolute atomic E-state index is 13.7. The fourth-order valence-corrected chi connectivity index (χ4v) is 4.93. The van der Waals surface area contributed by atoms with Gasteiger partial charge < -0.3 is 10.3 Å². The van der Waals surface area contributed by atoms with Crippen LogP contribution in [-0.2, 0) is 4.79 Å². The number of benzene rings is 2. The molecule has 5 rings (SSSR count). The molecule has 9 heteroatoms. The molecule has 0 unspecified atom stereocenters. The number of hydrogen-bond donors (Lipinski definition) is 2. The number of amides is 1. The highest BCUT2D eigenvalue weighted by molar-refractivity contribution is 7.99. The Morgan fingerprint density at radius 2 is 2.06 bits per heavy atom. The van der Waals surface area contributed by atoms with Crippen LogP contribution in [0.4, 0.5) is 5.13 Å². The van der Waals surface area contributed by atoms with Gasteiger partial charge in [0.25, 0.3) is 5.56 Å². The van der Waals surface area contributed by atoms with Gasteiger partial charge in [-0.1, -0.05) is 42.1 Å². The van der Waals surface area contributed by atoms with E-state index in [1.807, 2.05) is 56.3 Å². The van der Waals surface area contributed by atoms with Gasteiger partial charge in [0.1, 0.15) is 11.0 Å². The SMILES string of the molecule is Cc1ccc(C)c(-n2c(SCC(=O)Nc3nccs3)nc3c([nH]c4ccccc43)c2=O)c1. The lowest BCUT2D eigenvalue weighted by Crippen LogP contribution is -2.23. The lowest BCUT2D eigenvalue weighted by molar-refractivity contribution is -0.113. The van der Waals surface area contributed by atoms with Gasteiger partial charge in [-0.25, -0.2) is 9.97 Å². The largest absolute Gasteiger partial charge is 0.349 e. The molecule has 1 amide bonds. The van der Waals surface area contributed by atoms with Crippen molar-refractivity contribution < 1.29 is 4.79 Å². The number of thioether (sulfide) groups is 1. The summed E-state index contributed by atoms with van der Waals surface area (Å²) in [6.45, 7) is 3.94. The number of anilines is 1. The van der Waals surface area contributed by atoms with Gasteiger partial charge in [0.2, 0.25) is 5.91 Å². The van der Waals surface area contributed by atoms with E-state index >= 15 is 0 Å². The summed E-state index contributed by atoms with van der Waals surface area (Å²) in [4.78, 5) is 38.3. The molecule has 3 heterocycles. The Morgan fingerprint density at radius 1 is 1.22 bits per heavy atom. The van der Waals surface area contributed by atoms with Crippen LogP contribution < -0.4 is 10.9 Å². The fourth-order valence-electron chi connectivity index (χ4n) is 3.58. The van der Waals surface area contributed by atoms with E-state index in [4.69, 9.17) is 4.98 Å². The molecule has 0 spiro atoms. The van der Waals surface area contributed by atoms with Crippen molar-refractivity contribution in [2.45, 2.75) is 19.0 Å². The molecular formula is C23H19N5O2S2. The second-order valence-corrected chi connectivity index (χ2v) is 9.23. The predicted octanol–water partition coefficient (Wildman–Crippen LogP) is 4.67. The first-order valence-corrected chi connectivity index (χ1v) is 11.8. The van der Waals surface area contributed by atoms with Crippen molar-refractivity contribution in [3.63, 3.8) is 0 Å². The summed E-state index contributed by atoms with van der Waals surface area (Å²) in [5, 5.41) is 6.46. The van der Waals surface area contributed by atoms with Gasteiger partial charge in [0.05, 0.1) is 11.4 Å². The zero-order valence-corrected chi connectivity index (χ0v) is 19.0. The quantitative estimate of drug-likeness (QED) is 0.293. The minimum atomic E-state index is -0.203. The van der Waals surface area contributed by atoms with Crippen LogP contribution in [0.5, 0.6) is 0 Å². The summed E-state index contributed by atoms with van der Waals surface area (Å²) in [7, 11) is 0. The summed E-state index contributed by atoms with van der Waals surface area (Å²) in [6, 6.07) is 13.6. The van der Waals surface area contributed by atoms with Crippen molar-refractivity contribution >= 4 is 56.1 Å². The third-order valence-corrected chi connectivity index (χ3v) is 6.74. The van der Waals surface area contributed by atoms with E-state index in [1.54, 1.807) is 16.1 Å². The molecule has 0 atom stereocenters. The molecule has 3 aromatic heterocycles. The number of nitrogens with zero attached hydrogens (tertiary/aromatic N) is 3. The van der Waals surface area contributed by atoms with Crippen molar-refractivity contribution in [1.29, 1.82) is 0 Å². The van der Waals surface area contributed by atoms with E-state index in [9.17, 15) is 9.59 Å². The zero-order chi connectivity index (χ0) is 22.2. The molecule has 2 N–H and O–H groups in total. The summed E-state index contributed by atoms with van der Waals surface area (Å²) < 4.78 is 1.60. The molecule has 2 aromatic carbocycles. The monoisotopic (exact) mass is 461 g/mol. The second kappa shape index (κ2) is 8.25. The zero-order valence-electron chi connectivity index (χ0n) is 17.4. The van der Waals surface area contributed by atoms with Gasteiger partial charge in [-0.2, -0.15) is 0 Å². The maximum atomic E-state index is 13.7. The lowest BCUT2D eigenvalue weighted by atomic mass is 10.1. The topological polar surface area (TPSA) is 92.7 Å². The van der Waals surface area contributed by atoms with Crippen LogP contribution in [-0.4, -0.2) is 31.2 Å². The van der Waals surface area contributed by atoms with Crippen LogP contribution in [0.2, 0.25) is 0 Å². The molecule has 7 nitrogen and oxygen atoms in total. The van der Waals surface area contributed by atoms with Crippen LogP contribution in [0, 0.1) is 13.8 Å². The number of aromatic nitrogens is 4. The van der Waals surface area contributed by atoms with Gasteiger partial charge in [-0.3, -0.25) is 14.2 Å². The summed E-state index contributed by atoms with van der Waals surface area (Å²) in [5.74, 6) is -0.101. The molecule has 0 saturated heterocycles. The first-order chi connectivity index (χ1) is 15.5. The molecule has 32 heavy (non-hydrogen) atoms. The van der Waals surface area contributed by atoms with Crippen molar-refractivity contribution in [3.8, 4) is 5.69 Å². The van der Waals surface area contributed by atoms with Gasteiger partial charge >= 0.3 is 0 Å². The number of nitrogens with one attached hydrogen (secondary N) is 2. The highest BCUT2D eigenvalue weighted by Gasteiger charge is 2.19. The number of para-hydroxylation sites is 1. The first kappa shape index (κ1) is 20.5. The van der Waals surface area contributed by atoms with E-state index in [-0.39, 0.29) is 17.2 Å². The van der Waals surface area contributed by atoms with Gasteiger partial charge in [0.15, 0.2) is 10.3 Å². The van der Waals surface area contributed by atoms with Gasteiger partial charge in [0, 0.05) is 22.5 Å². The highest BCUT2D eigenvalue weighted by Crippen LogP contribution is 2.27. The first-order valence-electron chi connectivity index (χ1n) is 9.94. The molecule has 0 bridgehead atoms. The molecule has 0 saturated carbocycles. The minimum absolute atomic E-state index is 0.102. The van der Waals surface area contributed by atoms with Crippen molar-refractivity contribution in [2.75, 3.05) is 11.1 Å². The molecule has 0 aliphatic carbocycles. The summed E-state index contributed by atoms with van der Waals surface area (Å²) >= 11 is 2.59. The Morgan fingerprint density at radius 3 is 2.88 bits per heavy atom. The van der Waals surface area contributed by atoms with Gasteiger partial charge in [-0.15, -0.1) is 11.3 Å². The average molecular weight is 462 g/mol. The number of rotatable bonds is 5. The Labute approximate surface area is 191 Å². The van der Waals surface area contributed by atoms with Crippen LogP contribution in [0.3, 0.4) is 0 Å². The minimum Gasteiger partial charge on any atom is -0.349 e. The van der Waals surface area contributed by atoms with Gasteiger partial charge in [-0.05, 0) is 37.1 Å². The van der Waals surface area contributed by atoms with Crippen LogP contribution in [0.25, 0.3) is 27.6 Å². The van der Waals surface area contributed by atoms with E-state index in [1.165, 1.54) is 23.1 Å². The Balaban J connectivity index is 1.64. The molecule has 0 radical (unpaired) electrons. The lowest BCUT2D eigenvalue weighted by Gasteiger charge is -2.15. The number of fused-ring (bicyclic) bond motifs is 3. The molecule has 0 fully saturated rings. The number of aromatic amines is 1. The predicted molar refractivity (Wildman–Crippen MR) is 130 cm³/mol. The Kier molecular flexibility index (Phi) is 5.28. The van der Waals surface area contributed by atoms with E-state index in [0.29, 0.717) is 21.3 Å². The maximum Gasteiger partial charge on any atom is 0.283 e. The standard InChI is InChI=1S/C23H19N5O2S2/c1-13-7-8-14(2)17(11-13)28-21(30)20-19(15-5-3-4-6-16(15)25-20)27-23(28)32-12-18(29)26-22-24-9-10-31-22/h3-11,25H,12H2,1-2H3,(H,24,26,29). The van der Waals surface area contributed by atoms with Crippen LogP contribution in [0.15, 0.2) is 64.0 Å². The smallest absolute Gasteiger partial charge is 0.283 e. The third-order valence-electron chi connectivity index (χ3n) is 5.11. The average Bonchev–Trinajstić information content (AvgIpc) is 3.42. The van der Waals surface area contributed by atoms with E-state index in [0.717, 1.165) is 27.7 Å². The third kappa shape index (κ3) is 3.69. The normalized spacial score (nSPS) is 11.3. The molecular weight excluding hydrogens is 442 g/mol.